The van der Waals surface area contributed by atoms with Crippen molar-refractivity contribution >= 4 is 17.9 Å². The lowest BCUT2D eigenvalue weighted by molar-refractivity contribution is -0.276. The fourth-order valence-electron chi connectivity index (χ4n) is 9.18. The molecule has 52 heavy (non-hydrogen) atoms. The van der Waals surface area contributed by atoms with Gasteiger partial charge in [-0.1, -0.05) is 107 Å². The zero-order valence-electron chi connectivity index (χ0n) is 30.6. The lowest BCUT2D eigenvalue weighted by atomic mass is 9.65. The number of fused-ring (bicyclic) bond motifs is 2. The molecule has 3 saturated heterocycles. The summed E-state index contributed by atoms with van der Waals surface area (Å²) in [5.41, 5.74) is 4.99. The van der Waals surface area contributed by atoms with Gasteiger partial charge in [0.15, 0.2) is 6.29 Å². The van der Waals surface area contributed by atoms with Gasteiger partial charge in [0.2, 0.25) is 5.91 Å². The second-order valence-electron chi connectivity index (χ2n) is 16.5. The predicted octanol–water partition coefficient (Wildman–Crippen LogP) is 6.42. The number of imide groups is 1. The van der Waals surface area contributed by atoms with Crippen LogP contribution < -0.4 is 5.32 Å². The Balaban J connectivity index is 1.02. The van der Waals surface area contributed by atoms with Crippen molar-refractivity contribution in [2.45, 2.75) is 104 Å². The molecule has 3 aromatic carbocycles. The number of alkyl carbamates (subject to hydrolysis) is 1. The molecule has 0 aromatic heterocycles. The molecule has 3 amide bonds. The van der Waals surface area contributed by atoms with E-state index in [1.54, 1.807) is 0 Å². The third-order valence-electron chi connectivity index (χ3n) is 11.4. The van der Waals surface area contributed by atoms with Crippen molar-refractivity contribution in [3.05, 3.63) is 107 Å². The first kappa shape index (κ1) is 36.3. The number of ether oxygens (including phenoxy) is 3. The zero-order chi connectivity index (χ0) is 36.6. The molecule has 3 aromatic rings. The Morgan fingerprint density at radius 3 is 2.31 bits per heavy atom. The maximum absolute atomic E-state index is 13.2. The average molecular weight is 710 g/mol. The molecule has 4 aliphatic rings. The Kier molecular flexibility index (Phi) is 10.3. The van der Waals surface area contributed by atoms with Crippen LogP contribution in [-0.2, 0) is 43.6 Å². The van der Waals surface area contributed by atoms with Crippen LogP contribution in [0.5, 0.6) is 0 Å². The number of benzene rings is 3. The molecule has 1 aliphatic carbocycles. The first-order chi connectivity index (χ1) is 24.9. The van der Waals surface area contributed by atoms with Crippen molar-refractivity contribution in [2.75, 3.05) is 13.1 Å². The van der Waals surface area contributed by atoms with Gasteiger partial charge in [0.1, 0.15) is 12.6 Å². The fraction of sp³-hybridized carbons (Fsp3) is 0.500. The van der Waals surface area contributed by atoms with E-state index in [1.807, 2.05) is 78.9 Å². The van der Waals surface area contributed by atoms with Crippen molar-refractivity contribution in [1.29, 1.82) is 0 Å². The molecule has 3 aliphatic heterocycles. The Morgan fingerprint density at radius 2 is 1.60 bits per heavy atom. The average Bonchev–Trinajstić information content (AvgIpc) is 3.52. The van der Waals surface area contributed by atoms with Gasteiger partial charge < -0.3 is 24.6 Å². The van der Waals surface area contributed by atoms with Gasteiger partial charge in [0, 0.05) is 30.6 Å². The van der Waals surface area contributed by atoms with E-state index in [0.29, 0.717) is 16.9 Å². The van der Waals surface area contributed by atoms with Gasteiger partial charge in [-0.15, -0.1) is 0 Å². The largest absolute Gasteiger partial charge is 0.445 e. The number of amides is 3. The van der Waals surface area contributed by atoms with Crippen molar-refractivity contribution in [2.24, 2.45) is 16.7 Å². The number of rotatable bonds is 10. The van der Waals surface area contributed by atoms with E-state index in [4.69, 9.17) is 14.2 Å². The molecule has 276 valence electrons. The van der Waals surface area contributed by atoms with Crippen LogP contribution in [0.4, 0.5) is 4.79 Å². The van der Waals surface area contributed by atoms with Crippen LogP contribution >= 0.6 is 0 Å². The molecule has 10 heteroatoms. The van der Waals surface area contributed by atoms with Gasteiger partial charge >= 0.3 is 6.09 Å². The molecule has 3 unspecified atom stereocenters. The van der Waals surface area contributed by atoms with Gasteiger partial charge in [-0.25, -0.2) is 4.79 Å². The Labute approximate surface area is 306 Å². The summed E-state index contributed by atoms with van der Waals surface area (Å²) < 4.78 is 18.8. The number of aliphatic hydroxyl groups is 1. The smallest absolute Gasteiger partial charge is 0.408 e. The van der Waals surface area contributed by atoms with Gasteiger partial charge in [-0.2, -0.15) is 0 Å². The highest BCUT2D eigenvalue weighted by molar-refractivity contribution is 6.06. The van der Waals surface area contributed by atoms with Crippen molar-refractivity contribution in [3.63, 3.8) is 0 Å². The Bertz CT molecular complexity index is 1750. The number of carbonyl (C=O) groups excluding carboxylic acids is 3. The first-order valence-electron chi connectivity index (χ1n) is 18.5. The molecule has 0 radical (unpaired) electrons. The SMILES string of the molecule is C[C@H]1[C@@H](CN2CC3(C)CC2CC(C)(C)C3)O[C@@H](c2ccc(CN3C(=O)CC(NC(=O)OCc4ccccc4)C3=O)cc2)O[C@H]1c1ccc(CO)cc1. The maximum Gasteiger partial charge on any atom is 0.408 e. The topological polar surface area (TPSA) is 118 Å². The van der Waals surface area contributed by atoms with E-state index in [0.717, 1.165) is 40.9 Å². The minimum absolute atomic E-state index is 0.0133. The van der Waals surface area contributed by atoms with Gasteiger partial charge in [0.05, 0.1) is 31.8 Å². The molecule has 10 nitrogen and oxygen atoms in total. The third kappa shape index (κ3) is 7.95. The molecular formula is C42H51N3O7. The van der Waals surface area contributed by atoms with Crippen LogP contribution in [0.15, 0.2) is 78.9 Å². The monoisotopic (exact) mass is 709 g/mol. The van der Waals surface area contributed by atoms with Crippen LogP contribution in [0.3, 0.4) is 0 Å². The summed E-state index contributed by atoms with van der Waals surface area (Å²) in [5, 5.41) is 12.2. The number of carbonyl (C=O) groups is 3. The van der Waals surface area contributed by atoms with Gasteiger partial charge in [-0.3, -0.25) is 19.4 Å². The summed E-state index contributed by atoms with van der Waals surface area (Å²) in [5.74, 6) is -0.724. The molecule has 0 spiro atoms. The number of nitrogens with one attached hydrogen (secondary N) is 1. The highest BCUT2D eigenvalue weighted by Gasteiger charge is 2.51. The molecule has 4 fully saturated rings. The molecule has 2 N–H and O–H groups in total. The quantitative estimate of drug-likeness (QED) is 0.232. The van der Waals surface area contributed by atoms with E-state index in [-0.39, 0.29) is 50.2 Å². The molecule has 2 bridgehead atoms. The summed E-state index contributed by atoms with van der Waals surface area (Å²) >= 11 is 0. The molecular weight excluding hydrogens is 658 g/mol. The van der Waals surface area contributed by atoms with E-state index in [1.165, 1.54) is 24.2 Å². The van der Waals surface area contributed by atoms with Crippen molar-refractivity contribution in [1.82, 2.24) is 15.1 Å². The fourth-order valence-corrected chi connectivity index (χ4v) is 9.18. The van der Waals surface area contributed by atoms with Crippen molar-refractivity contribution < 1.29 is 33.7 Å². The molecule has 7 atom stereocenters. The lowest BCUT2D eigenvalue weighted by Crippen LogP contribution is -2.46. The minimum atomic E-state index is -0.967. The predicted molar refractivity (Wildman–Crippen MR) is 194 cm³/mol. The minimum Gasteiger partial charge on any atom is -0.445 e. The molecule has 7 rings (SSSR count). The number of aliphatic hydroxyl groups excluding tert-OH is 1. The maximum atomic E-state index is 13.2. The van der Waals surface area contributed by atoms with Crippen LogP contribution in [0.1, 0.15) is 93.6 Å². The molecule has 3 heterocycles. The second-order valence-corrected chi connectivity index (χ2v) is 16.5. The number of likely N-dealkylation sites (tertiary alicyclic amines) is 2. The summed E-state index contributed by atoms with van der Waals surface area (Å²) in [6.45, 7) is 11.5. The van der Waals surface area contributed by atoms with Gasteiger partial charge in [0.25, 0.3) is 5.91 Å². The summed E-state index contributed by atoms with van der Waals surface area (Å²) in [6.07, 6.45) is 1.89. The normalized spacial score (nSPS) is 30.1. The summed E-state index contributed by atoms with van der Waals surface area (Å²) in [7, 11) is 0. The van der Waals surface area contributed by atoms with Crippen LogP contribution in [0.2, 0.25) is 0 Å². The third-order valence-corrected chi connectivity index (χ3v) is 11.4. The lowest BCUT2D eigenvalue weighted by Gasteiger charge is -2.43. The second kappa shape index (κ2) is 14.7. The molecule has 1 saturated carbocycles. The van der Waals surface area contributed by atoms with E-state index in [2.05, 4.69) is 37.9 Å². The van der Waals surface area contributed by atoms with Gasteiger partial charge in [-0.05, 0) is 52.3 Å². The highest BCUT2D eigenvalue weighted by atomic mass is 16.7. The van der Waals surface area contributed by atoms with E-state index < -0.39 is 24.3 Å². The number of hydrogen-bond donors (Lipinski definition) is 2. The van der Waals surface area contributed by atoms with E-state index >= 15 is 0 Å². The standard InChI is InChI=1S/C42H51N3O7/c1-27-35(22-44-26-42(4)20-33(44)19-41(2,3)25-42)51-39(52-37(27)31-14-12-29(23-46)13-15-31)32-16-10-28(11-17-32)21-45-36(47)18-34(38(45)48)43-40(49)50-24-30-8-6-5-7-9-30/h5-17,27,33-35,37,39,46H,18-26H2,1-4H3,(H,43,49)/t27-,33?,34?,35+,37+,39+,42?/m0/s1. The van der Waals surface area contributed by atoms with Crippen molar-refractivity contribution in [3.8, 4) is 0 Å². The first-order valence-corrected chi connectivity index (χ1v) is 18.5. The van der Waals surface area contributed by atoms with E-state index in [9.17, 15) is 19.5 Å². The highest BCUT2D eigenvalue weighted by Crippen LogP contribution is 2.53. The van der Waals surface area contributed by atoms with Crippen LogP contribution in [-0.4, -0.2) is 64.1 Å². The zero-order valence-corrected chi connectivity index (χ0v) is 30.6. The Morgan fingerprint density at radius 1 is 0.904 bits per heavy atom. The number of hydrogen-bond acceptors (Lipinski definition) is 8. The van der Waals surface area contributed by atoms with Crippen LogP contribution in [0.25, 0.3) is 0 Å². The summed E-state index contributed by atoms with van der Waals surface area (Å²) in [6, 6.07) is 24.4. The Hall–Kier alpha value is -4.09. The summed E-state index contributed by atoms with van der Waals surface area (Å²) in [4.78, 5) is 42.3. The number of nitrogens with zero attached hydrogens (tertiary/aromatic N) is 2. The van der Waals surface area contributed by atoms with Crippen LogP contribution in [0, 0.1) is 16.7 Å².